The summed E-state index contributed by atoms with van der Waals surface area (Å²) < 4.78 is 0. The van der Waals surface area contributed by atoms with Crippen molar-refractivity contribution >= 4 is 23.5 Å². The number of amides is 1. The lowest BCUT2D eigenvalue weighted by atomic mass is 10.2. The molecule has 0 saturated heterocycles. The van der Waals surface area contributed by atoms with E-state index in [9.17, 15) is 20.0 Å². The fourth-order valence-electron chi connectivity index (χ4n) is 1.91. The summed E-state index contributed by atoms with van der Waals surface area (Å²) in [5.41, 5.74) is 3.44. The molecule has 0 unspecified atom stereocenters. The van der Waals surface area contributed by atoms with Crippen molar-refractivity contribution in [2.24, 2.45) is 5.10 Å². The molecule has 1 N–H and O–H groups in total. The van der Waals surface area contributed by atoms with Crippen LogP contribution in [0, 0.1) is 10.1 Å². The number of hydrazone groups is 1. The van der Waals surface area contributed by atoms with Crippen LogP contribution < -0.4 is 15.4 Å². The third kappa shape index (κ3) is 4.07. The molecule has 0 aliphatic carbocycles. The number of nitrogens with one attached hydrogen (secondary N) is 1. The van der Waals surface area contributed by atoms with E-state index in [1.165, 1.54) is 12.3 Å². The van der Waals surface area contributed by atoms with Gasteiger partial charge in [-0.25, -0.2) is 5.43 Å². The van der Waals surface area contributed by atoms with Gasteiger partial charge in [0.2, 0.25) is 0 Å². The summed E-state index contributed by atoms with van der Waals surface area (Å²) in [6, 6.07) is 10.6. The molecular weight excluding hydrogens is 312 g/mol. The normalized spacial score (nSPS) is 10.6. The van der Waals surface area contributed by atoms with Crippen molar-refractivity contribution in [1.29, 1.82) is 0 Å². The van der Waals surface area contributed by atoms with Gasteiger partial charge in [-0.2, -0.15) is 5.10 Å². The summed E-state index contributed by atoms with van der Waals surface area (Å²) in [7, 11) is 3.73. The van der Waals surface area contributed by atoms with Gasteiger partial charge in [-0.1, -0.05) is 18.2 Å². The first-order valence-electron chi connectivity index (χ1n) is 6.94. The maximum Gasteiger partial charge on any atom is 0.271 e. The number of nitrogens with zero attached hydrogens (tertiary/aromatic N) is 3. The zero-order valence-corrected chi connectivity index (χ0v) is 13.1. The molecule has 0 saturated carbocycles. The summed E-state index contributed by atoms with van der Waals surface area (Å²) in [5.74, 6) is -1.09. The van der Waals surface area contributed by atoms with Crippen molar-refractivity contribution in [2.75, 3.05) is 19.0 Å². The van der Waals surface area contributed by atoms with E-state index < -0.39 is 22.3 Å². The van der Waals surface area contributed by atoms with Gasteiger partial charge in [0, 0.05) is 37.0 Å². The van der Waals surface area contributed by atoms with Crippen LogP contribution in [0.1, 0.15) is 15.9 Å². The SMILES string of the molecule is CN(C)c1cccc(C(=O)N/N=C\c2ccc([O-])c([N+](=O)[O-])c2)c1. The fraction of sp³-hybridized carbons (Fsp3) is 0.125. The molecule has 2 aromatic carbocycles. The van der Waals surface area contributed by atoms with E-state index in [1.807, 2.05) is 25.1 Å². The van der Waals surface area contributed by atoms with Crippen LogP contribution in [0.5, 0.6) is 5.75 Å². The van der Waals surface area contributed by atoms with Crippen LogP contribution in [0.2, 0.25) is 0 Å². The summed E-state index contributed by atoms with van der Waals surface area (Å²) in [6.45, 7) is 0. The van der Waals surface area contributed by atoms with Gasteiger partial charge in [0.25, 0.3) is 11.6 Å². The number of hydrogen-bond donors (Lipinski definition) is 1. The number of benzene rings is 2. The summed E-state index contributed by atoms with van der Waals surface area (Å²) in [5, 5.41) is 25.8. The molecule has 1 amide bonds. The molecule has 0 atom stereocenters. The van der Waals surface area contributed by atoms with Crippen LogP contribution >= 0.6 is 0 Å². The maximum atomic E-state index is 12.0. The third-order valence-corrected chi connectivity index (χ3v) is 3.18. The molecule has 8 nitrogen and oxygen atoms in total. The number of nitro benzene ring substituents is 1. The molecule has 0 spiro atoms. The molecular formula is C16H15N4O4-. The molecule has 0 aliphatic heterocycles. The van der Waals surface area contributed by atoms with Crippen LogP contribution in [-0.4, -0.2) is 31.1 Å². The molecule has 0 aliphatic rings. The maximum absolute atomic E-state index is 12.0. The van der Waals surface area contributed by atoms with Crippen LogP contribution in [0.25, 0.3) is 0 Å². The first-order valence-corrected chi connectivity index (χ1v) is 6.94. The zero-order valence-electron chi connectivity index (χ0n) is 13.1. The topological polar surface area (TPSA) is 111 Å². The Morgan fingerprint density at radius 3 is 2.67 bits per heavy atom. The average Bonchev–Trinajstić information content (AvgIpc) is 2.56. The third-order valence-electron chi connectivity index (χ3n) is 3.18. The average molecular weight is 327 g/mol. The van der Waals surface area contributed by atoms with Crippen molar-refractivity contribution in [1.82, 2.24) is 5.43 Å². The van der Waals surface area contributed by atoms with Crippen molar-refractivity contribution in [3.63, 3.8) is 0 Å². The number of carbonyl (C=O) groups excluding carboxylic acids is 1. The van der Waals surface area contributed by atoms with Gasteiger partial charge in [-0.15, -0.1) is 0 Å². The van der Waals surface area contributed by atoms with Gasteiger partial charge in [0.05, 0.1) is 11.1 Å². The van der Waals surface area contributed by atoms with Gasteiger partial charge in [-0.3, -0.25) is 14.9 Å². The second-order valence-electron chi connectivity index (χ2n) is 5.13. The minimum atomic E-state index is -0.759. The summed E-state index contributed by atoms with van der Waals surface area (Å²) >= 11 is 0. The van der Waals surface area contributed by atoms with Gasteiger partial charge in [-0.05, 0) is 23.9 Å². The Morgan fingerprint density at radius 2 is 2.00 bits per heavy atom. The van der Waals surface area contributed by atoms with Crippen LogP contribution in [0.3, 0.4) is 0 Å². The molecule has 0 heterocycles. The fourth-order valence-corrected chi connectivity index (χ4v) is 1.91. The largest absolute Gasteiger partial charge is 0.868 e. The molecule has 0 fully saturated rings. The molecule has 124 valence electrons. The second-order valence-corrected chi connectivity index (χ2v) is 5.13. The van der Waals surface area contributed by atoms with E-state index in [0.29, 0.717) is 11.1 Å². The first kappa shape index (κ1) is 16.9. The number of anilines is 1. The van der Waals surface area contributed by atoms with E-state index in [2.05, 4.69) is 10.5 Å². The van der Waals surface area contributed by atoms with Gasteiger partial charge >= 0.3 is 0 Å². The molecule has 0 radical (unpaired) electrons. The second kappa shape index (κ2) is 7.23. The molecule has 24 heavy (non-hydrogen) atoms. The molecule has 2 rings (SSSR count). The Hall–Kier alpha value is -3.42. The molecule has 2 aromatic rings. The predicted molar refractivity (Wildman–Crippen MR) is 88.4 cm³/mol. The lowest BCUT2D eigenvalue weighted by molar-refractivity contribution is -0.398. The van der Waals surface area contributed by atoms with E-state index in [1.54, 1.807) is 18.2 Å². The highest BCUT2D eigenvalue weighted by atomic mass is 16.6. The Kier molecular flexibility index (Phi) is 5.10. The number of hydrogen-bond acceptors (Lipinski definition) is 6. The van der Waals surface area contributed by atoms with E-state index >= 15 is 0 Å². The number of carbonyl (C=O) groups is 1. The van der Waals surface area contributed by atoms with Crippen molar-refractivity contribution in [2.45, 2.75) is 0 Å². The Balaban J connectivity index is 2.09. The highest BCUT2D eigenvalue weighted by Crippen LogP contribution is 2.22. The number of nitro groups is 1. The van der Waals surface area contributed by atoms with Crippen molar-refractivity contribution < 1.29 is 14.8 Å². The van der Waals surface area contributed by atoms with Crippen LogP contribution in [0.15, 0.2) is 47.6 Å². The van der Waals surface area contributed by atoms with Crippen molar-refractivity contribution in [3.05, 3.63) is 63.7 Å². The standard InChI is InChI=1S/C16H16N4O4/c1-19(2)13-5-3-4-12(9-13)16(22)18-17-10-11-6-7-15(21)14(8-11)20(23)24/h3-10,21H,1-2H3,(H,18,22)/p-1/b17-10-. The zero-order chi connectivity index (χ0) is 17.7. The minimum absolute atomic E-state index is 0.337. The predicted octanol–water partition coefficient (Wildman–Crippen LogP) is 1.50. The van der Waals surface area contributed by atoms with E-state index in [0.717, 1.165) is 17.8 Å². The number of rotatable bonds is 5. The summed E-state index contributed by atoms with van der Waals surface area (Å²) in [6.07, 6.45) is 1.24. The lowest BCUT2D eigenvalue weighted by Crippen LogP contribution is -2.18. The van der Waals surface area contributed by atoms with E-state index in [-0.39, 0.29) is 0 Å². The highest BCUT2D eigenvalue weighted by molar-refractivity contribution is 5.95. The van der Waals surface area contributed by atoms with Crippen molar-refractivity contribution in [3.8, 4) is 5.75 Å². The lowest BCUT2D eigenvalue weighted by Gasteiger charge is -2.12. The quantitative estimate of drug-likeness (QED) is 0.508. The van der Waals surface area contributed by atoms with Gasteiger partial charge in [0.15, 0.2) is 0 Å². The minimum Gasteiger partial charge on any atom is -0.868 e. The Bertz CT molecular complexity index is 802. The van der Waals surface area contributed by atoms with Gasteiger partial charge in [0.1, 0.15) is 0 Å². The molecule has 8 heteroatoms. The van der Waals surface area contributed by atoms with Crippen LogP contribution in [-0.2, 0) is 0 Å². The monoisotopic (exact) mass is 327 g/mol. The Morgan fingerprint density at radius 1 is 1.25 bits per heavy atom. The summed E-state index contributed by atoms with van der Waals surface area (Å²) in [4.78, 5) is 23.9. The first-order chi connectivity index (χ1) is 11.4. The smallest absolute Gasteiger partial charge is 0.271 e. The highest BCUT2D eigenvalue weighted by Gasteiger charge is 2.08. The van der Waals surface area contributed by atoms with E-state index in [4.69, 9.17) is 0 Å². The van der Waals surface area contributed by atoms with Crippen LogP contribution in [0.4, 0.5) is 11.4 Å². The molecule has 0 bridgehead atoms. The Labute approximate surface area is 138 Å². The molecule has 0 aromatic heterocycles. The van der Waals surface area contributed by atoms with Gasteiger partial charge < -0.3 is 10.0 Å².